The summed E-state index contributed by atoms with van der Waals surface area (Å²) in [6, 6.07) is 0.0932. The summed E-state index contributed by atoms with van der Waals surface area (Å²) in [6.45, 7) is 3.66. The minimum absolute atomic E-state index is 0.0932. The molecule has 3 rings (SSSR count). The highest BCUT2D eigenvalue weighted by atomic mass is 16.5. The van der Waals surface area contributed by atoms with E-state index >= 15 is 0 Å². The van der Waals surface area contributed by atoms with Gasteiger partial charge in [0, 0.05) is 26.6 Å². The molecule has 0 radical (unpaired) electrons. The van der Waals surface area contributed by atoms with Gasteiger partial charge >= 0.3 is 0 Å². The summed E-state index contributed by atoms with van der Waals surface area (Å²) >= 11 is 0. The molecule has 2 saturated heterocycles. The van der Waals surface area contributed by atoms with E-state index in [1.54, 1.807) is 11.8 Å². The van der Waals surface area contributed by atoms with Crippen LogP contribution in [-0.2, 0) is 16.6 Å². The van der Waals surface area contributed by atoms with E-state index in [9.17, 15) is 4.79 Å². The Balaban J connectivity index is 1.71. The van der Waals surface area contributed by atoms with Crippen molar-refractivity contribution in [3.63, 3.8) is 0 Å². The Morgan fingerprint density at radius 2 is 2.22 bits per heavy atom. The highest BCUT2D eigenvalue weighted by molar-refractivity contribution is 5.77. The minimum Gasteiger partial charge on any atom is -0.481 e. The Hall–Kier alpha value is -1.56. The van der Waals surface area contributed by atoms with E-state index in [2.05, 4.69) is 5.10 Å². The fourth-order valence-electron chi connectivity index (χ4n) is 3.94. The molecule has 2 aliphatic heterocycles. The zero-order valence-electron chi connectivity index (χ0n) is 14.4. The number of carbonyl (C=O) groups is 1. The topological polar surface area (TPSA) is 56.6 Å². The van der Waals surface area contributed by atoms with Crippen molar-refractivity contribution >= 4 is 5.91 Å². The highest BCUT2D eigenvalue weighted by Crippen LogP contribution is 2.39. The van der Waals surface area contributed by atoms with E-state index < -0.39 is 0 Å². The number of rotatable bonds is 5. The lowest BCUT2D eigenvalue weighted by Crippen LogP contribution is -2.31. The number of nitrogens with zero attached hydrogens (tertiary/aromatic N) is 3. The molecule has 0 spiro atoms. The lowest BCUT2D eigenvalue weighted by Gasteiger charge is -2.26. The maximum Gasteiger partial charge on any atom is 0.223 e. The Morgan fingerprint density at radius 1 is 1.39 bits per heavy atom. The van der Waals surface area contributed by atoms with E-state index in [4.69, 9.17) is 9.47 Å². The molecule has 0 bridgehead atoms. The van der Waals surface area contributed by atoms with Gasteiger partial charge in [-0.1, -0.05) is 0 Å². The van der Waals surface area contributed by atoms with Gasteiger partial charge in [0.25, 0.3) is 0 Å². The summed E-state index contributed by atoms with van der Waals surface area (Å²) < 4.78 is 12.9. The molecule has 0 N–H and O–H groups in total. The summed E-state index contributed by atoms with van der Waals surface area (Å²) in [5.74, 6) is 1.000. The van der Waals surface area contributed by atoms with Crippen LogP contribution in [-0.4, -0.2) is 47.0 Å². The van der Waals surface area contributed by atoms with Crippen LogP contribution < -0.4 is 4.74 Å². The van der Waals surface area contributed by atoms with Gasteiger partial charge in [-0.3, -0.25) is 4.79 Å². The first-order chi connectivity index (χ1) is 11.1. The Bertz CT molecular complexity index is 564. The molecule has 0 aromatic carbocycles. The van der Waals surface area contributed by atoms with Crippen LogP contribution >= 0.6 is 0 Å². The lowest BCUT2D eigenvalue weighted by atomic mass is 10.0. The van der Waals surface area contributed by atoms with Crippen LogP contribution in [0.4, 0.5) is 0 Å². The van der Waals surface area contributed by atoms with Gasteiger partial charge in [0.2, 0.25) is 11.8 Å². The molecule has 1 aromatic heterocycles. The number of ether oxygens (including phenoxy) is 2. The Labute approximate surface area is 137 Å². The Morgan fingerprint density at radius 3 is 2.91 bits per heavy atom. The summed E-state index contributed by atoms with van der Waals surface area (Å²) in [5, 5.41) is 4.46. The van der Waals surface area contributed by atoms with Crippen LogP contribution in [0.5, 0.6) is 5.88 Å². The summed E-state index contributed by atoms with van der Waals surface area (Å²) in [6.07, 6.45) is 5.91. The summed E-state index contributed by atoms with van der Waals surface area (Å²) in [7, 11) is 3.55. The van der Waals surface area contributed by atoms with Crippen LogP contribution in [0.25, 0.3) is 0 Å². The number of likely N-dealkylation sites (tertiary alicyclic amines) is 1. The average molecular weight is 321 g/mol. The fraction of sp³-hybridized carbons (Fsp3) is 0.765. The van der Waals surface area contributed by atoms with Crippen molar-refractivity contribution in [2.24, 2.45) is 7.05 Å². The van der Waals surface area contributed by atoms with Crippen molar-refractivity contribution in [2.45, 2.75) is 57.6 Å². The molecule has 2 aliphatic rings. The number of carbonyl (C=O) groups excluding carboxylic acids is 1. The number of hydrogen-bond acceptors (Lipinski definition) is 4. The third-order valence-electron chi connectivity index (χ3n) is 5.02. The molecule has 2 fully saturated rings. The molecule has 3 heterocycles. The van der Waals surface area contributed by atoms with Crippen molar-refractivity contribution in [3.05, 3.63) is 11.3 Å². The first kappa shape index (κ1) is 16.3. The van der Waals surface area contributed by atoms with Crippen molar-refractivity contribution in [1.29, 1.82) is 0 Å². The van der Waals surface area contributed by atoms with Crippen molar-refractivity contribution in [3.8, 4) is 5.88 Å². The maximum absolute atomic E-state index is 12.7. The molecular formula is C17H27N3O3. The van der Waals surface area contributed by atoms with Crippen molar-refractivity contribution in [1.82, 2.24) is 14.7 Å². The van der Waals surface area contributed by atoms with Crippen LogP contribution in [0.3, 0.4) is 0 Å². The van der Waals surface area contributed by atoms with Gasteiger partial charge in [-0.15, -0.1) is 0 Å². The third kappa shape index (κ3) is 3.22. The minimum atomic E-state index is 0.0932. The molecule has 1 amide bonds. The van der Waals surface area contributed by atoms with Gasteiger partial charge in [0.05, 0.1) is 30.5 Å². The molecule has 128 valence electrons. The lowest BCUT2D eigenvalue weighted by molar-refractivity contribution is -0.132. The Kier molecular flexibility index (Phi) is 4.90. The molecule has 0 unspecified atom stereocenters. The molecule has 6 nitrogen and oxygen atoms in total. The van der Waals surface area contributed by atoms with Crippen LogP contribution in [0.15, 0.2) is 0 Å². The second-order valence-electron chi connectivity index (χ2n) is 6.55. The number of methoxy groups -OCH3 is 1. The van der Waals surface area contributed by atoms with Crippen LogP contribution in [0.1, 0.15) is 55.8 Å². The highest BCUT2D eigenvalue weighted by Gasteiger charge is 2.35. The van der Waals surface area contributed by atoms with E-state index in [-0.39, 0.29) is 18.1 Å². The smallest absolute Gasteiger partial charge is 0.223 e. The van der Waals surface area contributed by atoms with Crippen molar-refractivity contribution in [2.75, 3.05) is 20.3 Å². The molecule has 6 heteroatoms. The van der Waals surface area contributed by atoms with E-state index in [0.717, 1.165) is 62.4 Å². The van der Waals surface area contributed by atoms with E-state index in [1.165, 1.54) is 0 Å². The molecule has 23 heavy (non-hydrogen) atoms. The van der Waals surface area contributed by atoms with Gasteiger partial charge < -0.3 is 14.4 Å². The fourth-order valence-corrected chi connectivity index (χ4v) is 3.94. The summed E-state index contributed by atoms with van der Waals surface area (Å²) in [5.41, 5.74) is 2.02. The van der Waals surface area contributed by atoms with Gasteiger partial charge in [0.1, 0.15) is 0 Å². The summed E-state index contributed by atoms with van der Waals surface area (Å²) in [4.78, 5) is 14.7. The standard InChI is InChI=1S/C17H27N3O3/c1-12-16(17(22-3)19(2)18-12)14-7-4-10-20(14)15(21)9-8-13-6-5-11-23-13/h13-14H,4-11H2,1-3H3/t13-,14-/m1/s1. The van der Waals surface area contributed by atoms with Gasteiger partial charge in [-0.2, -0.15) is 5.10 Å². The maximum atomic E-state index is 12.7. The predicted octanol–water partition coefficient (Wildman–Crippen LogP) is 2.36. The predicted molar refractivity (Wildman–Crippen MR) is 86.4 cm³/mol. The molecule has 2 atom stereocenters. The van der Waals surface area contributed by atoms with Crippen LogP contribution in [0, 0.1) is 6.92 Å². The van der Waals surface area contributed by atoms with Gasteiger partial charge in [-0.05, 0) is 39.0 Å². The van der Waals surface area contributed by atoms with Gasteiger partial charge in [-0.25, -0.2) is 4.68 Å². The number of hydrogen-bond donors (Lipinski definition) is 0. The van der Waals surface area contributed by atoms with E-state index in [1.807, 2.05) is 18.9 Å². The first-order valence-corrected chi connectivity index (χ1v) is 8.60. The van der Waals surface area contributed by atoms with Gasteiger partial charge in [0.15, 0.2) is 0 Å². The van der Waals surface area contributed by atoms with Crippen LogP contribution in [0.2, 0.25) is 0 Å². The SMILES string of the molecule is COc1c([C@H]2CCCN2C(=O)CC[C@H]2CCCO2)c(C)nn1C. The molecular weight excluding hydrogens is 294 g/mol. The normalized spacial score (nSPS) is 24.4. The number of aryl methyl sites for hydroxylation is 2. The first-order valence-electron chi connectivity index (χ1n) is 8.60. The molecule has 0 saturated carbocycles. The largest absolute Gasteiger partial charge is 0.481 e. The second-order valence-corrected chi connectivity index (χ2v) is 6.55. The van der Waals surface area contributed by atoms with Crippen molar-refractivity contribution < 1.29 is 14.3 Å². The average Bonchev–Trinajstić information content (AvgIpc) is 3.24. The third-order valence-corrected chi connectivity index (χ3v) is 5.02. The monoisotopic (exact) mass is 321 g/mol. The zero-order valence-corrected chi connectivity index (χ0v) is 14.4. The molecule has 1 aromatic rings. The quantitative estimate of drug-likeness (QED) is 0.835. The number of aromatic nitrogens is 2. The zero-order chi connectivity index (χ0) is 16.4. The second kappa shape index (κ2) is 6.91. The number of amides is 1. The van der Waals surface area contributed by atoms with E-state index in [0.29, 0.717) is 6.42 Å². The molecule has 0 aliphatic carbocycles.